The van der Waals surface area contributed by atoms with E-state index in [2.05, 4.69) is 0 Å². The predicted octanol–water partition coefficient (Wildman–Crippen LogP) is 6.29. The number of phenolic OH excluding ortho intramolecular Hbond substituents is 1. The predicted molar refractivity (Wildman–Crippen MR) is 108 cm³/mol. The molecule has 2 aliphatic carbocycles. The molecule has 3 rings (SSSR count). The van der Waals surface area contributed by atoms with Crippen LogP contribution >= 0.6 is 0 Å². The average molecular weight is 395 g/mol. The number of hydrogen-bond donors (Lipinski definition) is 2. The quantitative estimate of drug-likeness (QED) is 0.590. The summed E-state index contributed by atoms with van der Waals surface area (Å²) in [4.78, 5) is 0.108. The Morgan fingerprint density at radius 3 is 1.33 bits per heavy atom. The molecule has 0 aliphatic heterocycles. The molecule has 5 heteroatoms. The van der Waals surface area contributed by atoms with Gasteiger partial charge < -0.3 is 5.11 Å². The Labute approximate surface area is 164 Å². The van der Waals surface area contributed by atoms with E-state index in [1.54, 1.807) is 12.1 Å². The standard InChI is InChI=1S/C22H34O4S/c23-19-15-20(17-11-7-3-1-4-8-12-17)22(27(24,25)26)21(16-19)18-13-9-5-2-6-10-14-18/h15-18,23H,1-14H2,(H,24,25,26). The average Bonchev–Trinajstić information content (AvgIpc) is 2.52. The Balaban J connectivity index is 2.05. The van der Waals surface area contributed by atoms with Crippen molar-refractivity contribution >= 4 is 10.1 Å². The minimum atomic E-state index is -4.33. The van der Waals surface area contributed by atoms with Gasteiger partial charge in [-0.25, -0.2) is 0 Å². The van der Waals surface area contributed by atoms with Gasteiger partial charge in [-0.2, -0.15) is 8.42 Å². The molecular weight excluding hydrogens is 360 g/mol. The summed E-state index contributed by atoms with van der Waals surface area (Å²) in [5.74, 6) is 0.333. The van der Waals surface area contributed by atoms with E-state index in [1.807, 2.05) is 0 Å². The summed E-state index contributed by atoms with van der Waals surface area (Å²) >= 11 is 0. The molecule has 27 heavy (non-hydrogen) atoms. The van der Waals surface area contributed by atoms with E-state index < -0.39 is 10.1 Å². The van der Waals surface area contributed by atoms with Gasteiger partial charge in [0.1, 0.15) is 10.6 Å². The third-order valence-corrected chi connectivity index (χ3v) is 7.47. The third-order valence-electron chi connectivity index (χ3n) is 6.48. The van der Waals surface area contributed by atoms with Crippen LogP contribution < -0.4 is 0 Å². The topological polar surface area (TPSA) is 74.6 Å². The minimum Gasteiger partial charge on any atom is -0.508 e. The Morgan fingerprint density at radius 2 is 1.00 bits per heavy atom. The summed E-state index contributed by atoms with van der Waals surface area (Å²) in [7, 11) is -4.33. The van der Waals surface area contributed by atoms with Crippen molar-refractivity contribution in [2.24, 2.45) is 0 Å². The second kappa shape index (κ2) is 9.42. The molecule has 2 N–H and O–H groups in total. The van der Waals surface area contributed by atoms with Crippen molar-refractivity contribution in [1.82, 2.24) is 0 Å². The molecule has 0 spiro atoms. The van der Waals surface area contributed by atoms with E-state index in [9.17, 15) is 18.1 Å². The molecule has 2 aliphatic rings. The summed E-state index contributed by atoms with van der Waals surface area (Å²) < 4.78 is 35.1. The molecule has 2 saturated carbocycles. The molecule has 0 aromatic heterocycles. The van der Waals surface area contributed by atoms with Gasteiger partial charge >= 0.3 is 0 Å². The molecule has 0 bridgehead atoms. The van der Waals surface area contributed by atoms with Crippen LogP contribution in [-0.4, -0.2) is 18.1 Å². The summed E-state index contributed by atoms with van der Waals surface area (Å²) in [5.41, 5.74) is 1.30. The Bertz CT molecular complexity index is 667. The van der Waals surface area contributed by atoms with E-state index in [1.165, 1.54) is 38.5 Å². The van der Waals surface area contributed by atoms with Crippen molar-refractivity contribution in [2.45, 2.75) is 107 Å². The minimum absolute atomic E-state index is 0.0987. The molecule has 0 atom stereocenters. The summed E-state index contributed by atoms with van der Waals surface area (Å²) in [6.07, 6.45) is 15.2. The molecule has 0 unspecified atom stereocenters. The lowest BCUT2D eigenvalue weighted by molar-refractivity contribution is 0.424. The van der Waals surface area contributed by atoms with Crippen molar-refractivity contribution in [3.05, 3.63) is 23.3 Å². The van der Waals surface area contributed by atoms with Crippen LogP contribution in [0.4, 0.5) is 0 Å². The zero-order valence-electron chi connectivity index (χ0n) is 16.3. The fourth-order valence-corrected chi connectivity index (χ4v) is 6.14. The highest BCUT2D eigenvalue weighted by atomic mass is 32.2. The molecule has 2 fully saturated rings. The van der Waals surface area contributed by atoms with Crippen LogP contribution in [0.15, 0.2) is 17.0 Å². The van der Waals surface area contributed by atoms with Crippen LogP contribution in [0.5, 0.6) is 5.75 Å². The van der Waals surface area contributed by atoms with Crippen molar-refractivity contribution < 1.29 is 18.1 Å². The number of phenols is 1. The Kier molecular flexibility index (Phi) is 7.21. The van der Waals surface area contributed by atoms with Crippen LogP contribution in [0.3, 0.4) is 0 Å². The first-order valence-corrected chi connectivity index (χ1v) is 12.2. The zero-order chi connectivity index (χ0) is 19.3. The van der Waals surface area contributed by atoms with Crippen molar-refractivity contribution in [1.29, 1.82) is 0 Å². The van der Waals surface area contributed by atoms with Crippen molar-refractivity contribution in [3.63, 3.8) is 0 Å². The molecule has 4 nitrogen and oxygen atoms in total. The SMILES string of the molecule is O=S(=O)(O)c1c(C2CCCCCCC2)cc(O)cc1C1CCCCCCC1. The Hall–Kier alpha value is -1.07. The van der Waals surface area contributed by atoms with Crippen LogP contribution in [0.1, 0.15) is 113 Å². The van der Waals surface area contributed by atoms with Gasteiger partial charge in [0.15, 0.2) is 0 Å². The lowest BCUT2D eigenvalue weighted by Gasteiger charge is -2.27. The molecule has 152 valence electrons. The lowest BCUT2D eigenvalue weighted by Crippen LogP contribution is -2.15. The van der Waals surface area contributed by atoms with Gasteiger partial charge in [-0.15, -0.1) is 0 Å². The normalized spacial score (nSPS) is 21.8. The molecule has 1 aromatic rings. The molecule has 0 amide bonds. The van der Waals surface area contributed by atoms with Crippen LogP contribution in [0, 0.1) is 0 Å². The lowest BCUT2D eigenvalue weighted by atomic mass is 9.81. The van der Waals surface area contributed by atoms with E-state index >= 15 is 0 Å². The second-order valence-corrected chi connectivity index (χ2v) is 9.87. The van der Waals surface area contributed by atoms with E-state index in [0.29, 0.717) is 11.1 Å². The molecule has 0 saturated heterocycles. The molecule has 0 radical (unpaired) electrons. The van der Waals surface area contributed by atoms with Gasteiger partial charge in [0, 0.05) is 0 Å². The van der Waals surface area contributed by atoms with Gasteiger partial charge in [-0.1, -0.05) is 64.2 Å². The fraction of sp³-hybridized carbons (Fsp3) is 0.727. The molecule has 0 heterocycles. The molecule has 1 aromatic carbocycles. The summed E-state index contributed by atoms with van der Waals surface area (Å²) in [6, 6.07) is 3.20. The maximum Gasteiger partial charge on any atom is 0.295 e. The van der Waals surface area contributed by atoms with E-state index in [-0.39, 0.29) is 22.5 Å². The number of benzene rings is 1. The highest BCUT2D eigenvalue weighted by molar-refractivity contribution is 7.86. The van der Waals surface area contributed by atoms with Crippen LogP contribution in [0.25, 0.3) is 0 Å². The first-order valence-electron chi connectivity index (χ1n) is 10.8. The molecular formula is C22H34O4S. The van der Waals surface area contributed by atoms with Crippen molar-refractivity contribution in [2.75, 3.05) is 0 Å². The third kappa shape index (κ3) is 5.47. The van der Waals surface area contributed by atoms with Crippen LogP contribution in [0.2, 0.25) is 0 Å². The monoisotopic (exact) mass is 394 g/mol. The summed E-state index contributed by atoms with van der Waals surface area (Å²) in [6.45, 7) is 0. The van der Waals surface area contributed by atoms with Gasteiger partial charge in [0.05, 0.1) is 0 Å². The van der Waals surface area contributed by atoms with Gasteiger partial charge in [0.25, 0.3) is 10.1 Å². The second-order valence-electron chi connectivity index (χ2n) is 8.51. The first-order chi connectivity index (χ1) is 13.0. The van der Waals surface area contributed by atoms with Gasteiger partial charge in [-0.05, 0) is 60.8 Å². The van der Waals surface area contributed by atoms with Crippen LogP contribution in [-0.2, 0) is 10.1 Å². The highest BCUT2D eigenvalue weighted by Gasteiger charge is 2.30. The maximum atomic E-state index is 12.5. The zero-order valence-corrected chi connectivity index (χ0v) is 17.1. The number of aromatic hydroxyl groups is 1. The smallest absolute Gasteiger partial charge is 0.295 e. The van der Waals surface area contributed by atoms with E-state index in [0.717, 1.165) is 51.4 Å². The fourth-order valence-electron chi connectivity index (χ4n) is 5.10. The maximum absolute atomic E-state index is 12.5. The number of rotatable bonds is 3. The van der Waals surface area contributed by atoms with E-state index in [4.69, 9.17) is 0 Å². The first kappa shape index (κ1) is 20.7. The largest absolute Gasteiger partial charge is 0.508 e. The van der Waals surface area contributed by atoms with Gasteiger partial charge in [0.2, 0.25) is 0 Å². The highest BCUT2D eigenvalue weighted by Crippen LogP contribution is 2.42. The number of hydrogen-bond acceptors (Lipinski definition) is 3. The Morgan fingerprint density at radius 1 is 0.667 bits per heavy atom. The van der Waals surface area contributed by atoms with Crippen molar-refractivity contribution in [3.8, 4) is 5.75 Å². The summed E-state index contributed by atoms with van der Waals surface area (Å²) in [5, 5.41) is 10.4. The van der Waals surface area contributed by atoms with Gasteiger partial charge in [-0.3, -0.25) is 4.55 Å².